The Morgan fingerprint density at radius 2 is 1.80 bits per heavy atom. The van der Waals surface area contributed by atoms with Gasteiger partial charge >= 0.3 is 7.12 Å². The molecular weight excluding hydrogens is 253 g/mol. The van der Waals surface area contributed by atoms with E-state index < -0.39 is 0 Å². The van der Waals surface area contributed by atoms with Crippen LogP contribution < -0.4 is 10.8 Å². The molecular formula is C15H22BNO3. The van der Waals surface area contributed by atoms with Crippen LogP contribution in [0.15, 0.2) is 24.3 Å². The first-order chi connectivity index (χ1) is 9.27. The molecule has 1 amide bonds. The summed E-state index contributed by atoms with van der Waals surface area (Å²) in [5.74, 6) is -0.0940. The Kier molecular flexibility index (Phi) is 3.94. The normalized spacial score (nSPS) is 20.6. The number of rotatable bonds is 2. The lowest BCUT2D eigenvalue weighted by molar-refractivity contribution is -0.0937. The van der Waals surface area contributed by atoms with Gasteiger partial charge in [-0.25, -0.2) is 0 Å². The first-order valence-corrected chi connectivity index (χ1v) is 6.88. The van der Waals surface area contributed by atoms with Crippen molar-refractivity contribution in [1.82, 2.24) is 5.32 Å². The third-order valence-corrected chi connectivity index (χ3v) is 4.30. The lowest BCUT2D eigenvalue weighted by Gasteiger charge is -2.47. The largest absolute Gasteiger partial charge is 0.494 e. The molecule has 0 unspecified atom stereocenters. The van der Waals surface area contributed by atoms with Gasteiger partial charge in [-0.3, -0.25) is 4.79 Å². The lowest BCUT2D eigenvalue weighted by atomic mass is 9.69. The maximum Gasteiger partial charge on any atom is 0.494 e. The number of amides is 1. The first kappa shape index (κ1) is 15.1. The molecule has 0 bridgehead atoms. The summed E-state index contributed by atoms with van der Waals surface area (Å²) in [6.45, 7) is 9.08. The summed E-state index contributed by atoms with van der Waals surface area (Å²) < 4.78 is 11.9. The van der Waals surface area contributed by atoms with Crippen LogP contribution in [-0.2, 0) is 9.31 Å². The van der Waals surface area contributed by atoms with Crippen molar-refractivity contribution in [2.24, 2.45) is 5.41 Å². The Hall–Kier alpha value is -1.33. The molecule has 1 fully saturated rings. The quantitative estimate of drug-likeness (QED) is 0.834. The first-order valence-electron chi connectivity index (χ1n) is 6.88. The molecule has 1 aliphatic rings. The van der Waals surface area contributed by atoms with E-state index in [-0.39, 0.29) is 24.0 Å². The van der Waals surface area contributed by atoms with E-state index in [9.17, 15) is 4.79 Å². The summed E-state index contributed by atoms with van der Waals surface area (Å²) in [6, 6.07) is 7.33. The maximum absolute atomic E-state index is 11.5. The van der Waals surface area contributed by atoms with Crippen LogP contribution in [0.1, 0.15) is 38.1 Å². The van der Waals surface area contributed by atoms with Gasteiger partial charge in [0.25, 0.3) is 5.91 Å². The highest BCUT2D eigenvalue weighted by Crippen LogP contribution is 2.37. The summed E-state index contributed by atoms with van der Waals surface area (Å²) in [7, 11) is 1.24. The number of benzene rings is 1. The van der Waals surface area contributed by atoms with Crippen molar-refractivity contribution in [3.63, 3.8) is 0 Å². The van der Waals surface area contributed by atoms with E-state index in [0.717, 1.165) is 5.46 Å². The predicted octanol–water partition coefficient (Wildman–Crippen LogP) is 1.59. The van der Waals surface area contributed by atoms with E-state index in [1.165, 1.54) is 0 Å². The van der Waals surface area contributed by atoms with E-state index in [1.54, 1.807) is 19.2 Å². The topological polar surface area (TPSA) is 47.6 Å². The summed E-state index contributed by atoms with van der Waals surface area (Å²) in [6.07, 6.45) is 0. The minimum atomic E-state index is -0.378. The highest BCUT2D eigenvalue weighted by Gasteiger charge is 2.46. The number of hydrogen-bond donors (Lipinski definition) is 1. The molecule has 0 saturated carbocycles. The SMILES string of the molecule is CNC(=O)c1ccc(B2OCC(C)(C)C(C)(C)O2)cc1. The molecule has 0 radical (unpaired) electrons. The van der Waals surface area contributed by atoms with Crippen molar-refractivity contribution in [2.75, 3.05) is 13.7 Å². The summed E-state index contributed by atoms with van der Waals surface area (Å²) in [4.78, 5) is 11.5. The highest BCUT2D eigenvalue weighted by atomic mass is 16.6. The van der Waals surface area contributed by atoms with E-state index in [1.807, 2.05) is 12.1 Å². The van der Waals surface area contributed by atoms with Crippen molar-refractivity contribution in [3.05, 3.63) is 29.8 Å². The fourth-order valence-electron chi connectivity index (χ4n) is 2.02. The molecule has 108 valence electrons. The van der Waals surface area contributed by atoms with Crippen LogP contribution in [0.3, 0.4) is 0 Å². The Morgan fingerprint density at radius 1 is 1.20 bits per heavy atom. The molecule has 1 N–H and O–H groups in total. The third-order valence-electron chi connectivity index (χ3n) is 4.30. The number of carbonyl (C=O) groups is 1. The highest BCUT2D eigenvalue weighted by molar-refractivity contribution is 6.61. The molecule has 5 heteroatoms. The van der Waals surface area contributed by atoms with Crippen LogP contribution >= 0.6 is 0 Å². The van der Waals surface area contributed by atoms with E-state index in [2.05, 4.69) is 33.0 Å². The van der Waals surface area contributed by atoms with Crippen LogP contribution in [0.4, 0.5) is 0 Å². The summed E-state index contributed by atoms with van der Waals surface area (Å²) in [5.41, 5.74) is 1.26. The zero-order valence-corrected chi connectivity index (χ0v) is 12.8. The molecule has 0 aromatic heterocycles. The zero-order chi connectivity index (χ0) is 15.0. The van der Waals surface area contributed by atoms with Gasteiger partial charge in [-0.05, 0) is 31.4 Å². The number of hydrogen-bond acceptors (Lipinski definition) is 3. The number of carbonyl (C=O) groups excluding carboxylic acids is 1. The second-order valence-corrected chi connectivity index (χ2v) is 6.36. The van der Waals surface area contributed by atoms with Gasteiger partial charge in [0, 0.05) is 24.6 Å². The molecule has 1 aromatic rings. The Labute approximate surface area is 121 Å². The van der Waals surface area contributed by atoms with Crippen LogP contribution in [0.2, 0.25) is 0 Å². The smallest absolute Gasteiger partial charge is 0.407 e. The Balaban J connectivity index is 2.15. The fourth-order valence-corrected chi connectivity index (χ4v) is 2.02. The van der Waals surface area contributed by atoms with E-state index in [4.69, 9.17) is 9.31 Å². The third kappa shape index (κ3) is 2.74. The molecule has 1 aromatic carbocycles. The van der Waals surface area contributed by atoms with Gasteiger partial charge < -0.3 is 14.6 Å². The van der Waals surface area contributed by atoms with E-state index in [0.29, 0.717) is 12.2 Å². The van der Waals surface area contributed by atoms with Gasteiger partial charge in [-0.15, -0.1) is 0 Å². The van der Waals surface area contributed by atoms with Crippen LogP contribution in [0.25, 0.3) is 0 Å². The minimum Gasteiger partial charge on any atom is -0.407 e. The average Bonchev–Trinajstić information content (AvgIpc) is 2.41. The monoisotopic (exact) mass is 275 g/mol. The van der Waals surface area contributed by atoms with Crippen molar-refractivity contribution in [1.29, 1.82) is 0 Å². The Morgan fingerprint density at radius 3 is 2.30 bits per heavy atom. The standard InChI is InChI=1S/C15H22BNO3/c1-14(2)10-19-16(20-15(14,3)4)12-8-6-11(7-9-12)13(18)17-5/h6-9H,10H2,1-5H3,(H,17,18). The second-order valence-electron chi connectivity index (χ2n) is 6.36. The van der Waals surface area contributed by atoms with Crippen molar-refractivity contribution < 1.29 is 14.1 Å². The van der Waals surface area contributed by atoms with Crippen LogP contribution in [-0.4, -0.2) is 32.3 Å². The Bertz CT molecular complexity index is 496. The zero-order valence-electron chi connectivity index (χ0n) is 12.8. The molecule has 1 heterocycles. The average molecular weight is 275 g/mol. The lowest BCUT2D eigenvalue weighted by Crippen LogP contribution is -2.58. The molecule has 2 rings (SSSR count). The van der Waals surface area contributed by atoms with Gasteiger partial charge in [0.15, 0.2) is 0 Å². The van der Waals surface area contributed by atoms with Crippen molar-refractivity contribution >= 4 is 18.5 Å². The summed E-state index contributed by atoms with van der Waals surface area (Å²) >= 11 is 0. The predicted molar refractivity (Wildman–Crippen MR) is 80.1 cm³/mol. The van der Waals surface area contributed by atoms with Gasteiger partial charge in [-0.2, -0.15) is 0 Å². The molecule has 1 aliphatic heterocycles. The van der Waals surface area contributed by atoms with Gasteiger partial charge in [0.1, 0.15) is 0 Å². The van der Waals surface area contributed by atoms with E-state index >= 15 is 0 Å². The molecule has 0 atom stereocenters. The number of nitrogens with one attached hydrogen (secondary N) is 1. The van der Waals surface area contributed by atoms with Gasteiger partial charge in [0.05, 0.1) is 5.60 Å². The molecule has 1 saturated heterocycles. The van der Waals surface area contributed by atoms with Crippen LogP contribution in [0, 0.1) is 5.41 Å². The summed E-state index contributed by atoms with van der Waals surface area (Å²) in [5, 5.41) is 2.60. The molecule has 0 aliphatic carbocycles. The second kappa shape index (κ2) is 5.22. The maximum atomic E-state index is 11.5. The van der Waals surface area contributed by atoms with Crippen molar-refractivity contribution in [3.8, 4) is 0 Å². The van der Waals surface area contributed by atoms with Gasteiger partial charge in [-0.1, -0.05) is 26.0 Å². The minimum absolute atomic E-state index is 0.0362. The molecule has 20 heavy (non-hydrogen) atoms. The van der Waals surface area contributed by atoms with Crippen molar-refractivity contribution in [2.45, 2.75) is 33.3 Å². The molecule has 0 spiro atoms. The van der Waals surface area contributed by atoms with Gasteiger partial charge in [0.2, 0.25) is 0 Å². The van der Waals surface area contributed by atoms with Crippen LogP contribution in [0.5, 0.6) is 0 Å². The molecule has 4 nitrogen and oxygen atoms in total. The fraction of sp³-hybridized carbons (Fsp3) is 0.533.